The topological polar surface area (TPSA) is 40.5 Å². The molecule has 1 unspecified atom stereocenters. The van der Waals surface area contributed by atoms with Gasteiger partial charge in [0.2, 0.25) is 5.91 Å². The lowest BCUT2D eigenvalue weighted by molar-refractivity contribution is -0.117. The second kappa shape index (κ2) is 3.81. The molecule has 0 spiro atoms. The summed E-state index contributed by atoms with van der Waals surface area (Å²) in [5, 5.41) is 9.51. The van der Waals surface area contributed by atoms with E-state index in [1.165, 1.54) is 17.0 Å². The number of hydrogen-bond acceptors (Lipinski definition) is 2. The zero-order valence-corrected chi connectivity index (χ0v) is 9.37. The highest BCUT2D eigenvalue weighted by atomic mass is 79.9. The zero-order valence-electron chi connectivity index (χ0n) is 7.78. The Labute approximate surface area is 94.6 Å². The van der Waals surface area contributed by atoms with E-state index in [1.807, 2.05) is 0 Å². The fraction of sp³-hybridized carbons (Fsp3) is 0.300. The van der Waals surface area contributed by atoms with Crippen LogP contribution in [0, 0.1) is 5.82 Å². The average molecular weight is 274 g/mol. The number of phenolic OH excluding ortho intramolecular Hbond substituents is 1. The van der Waals surface area contributed by atoms with Gasteiger partial charge in [-0.3, -0.25) is 4.79 Å². The van der Waals surface area contributed by atoms with Crippen molar-refractivity contribution in [3.8, 4) is 5.75 Å². The van der Waals surface area contributed by atoms with E-state index < -0.39 is 5.82 Å². The first-order valence-electron chi connectivity index (χ1n) is 4.51. The van der Waals surface area contributed by atoms with Crippen LogP contribution in [0.5, 0.6) is 5.75 Å². The van der Waals surface area contributed by atoms with Gasteiger partial charge in [-0.05, 0) is 12.1 Å². The third-order valence-corrected chi connectivity index (χ3v) is 2.92. The van der Waals surface area contributed by atoms with Gasteiger partial charge in [-0.2, -0.15) is 0 Å². The van der Waals surface area contributed by atoms with Gasteiger partial charge in [0.25, 0.3) is 0 Å². The molecule has 0 bridgehead atoms. The number of anilines is 1. The van der Waals surface area contributed by atoms with Gasteiger partial charge in [0.1, 0.15) is 11.6 Å². The molecule has 15 heavy (non-hydrogen) atoms. The monoisotopic (exact) mass is 273 g/mol. The second-order valence-corrected chi connectivity index (χ2v) is 4.73. The SMILES string of the molecule is O=C1CC(Br)CN1c1ccc(F)cc1O. The summed E-state index contributed by atoms with van der Waals surface area (Å²) in [6, 6.07) is 3.64. The molecular formula is C10H9BrFNO2. The minimum Gasteiger partial charge on any atom is -0.506 e. The number of carbonyl (C=O) groups excluding carboxylic acids is 1. The summed E-state index contributed by atoms with van der Waals surface area (Å²) < 4.78 is 12.7. The second-order valence-electron chi connectivity index (χ2n) is 3.44. The van der Waals surface area contributed by atoms with Crippen LogP contribution >= 0.6 is 15.9 Å². The lowest BCUT2D eigenvalue weighted by Crippen LogP contribution is -2.24. The van der Waals surface area contributed by atoms with Gasteiger partial charge < -0.3 is 10.0 Å². The average Bonchev–Trinajstić information content (AvgIpc) is 2.45. The fourth-order valence-corrected chi connectivity index (χ4v) is 2.19. The maximum atomic E-state index is 12.7. The van der Waals surface area contributed by atoms with Gasteiger partial charge in [-0.25, -0.2) is 4.39 Å². The summed E-state index contributed by atoms with van der Waals surface area (Å²) in [4.78, 5) is 13.1. The molecule has 1 atom stereocenters. The van der Waals surface area contributed by atoms with Gasteiger partial charge >= 0.3 is 0 Å². The molecular weight excluding hydrogens is 265 g/mol. The van der Waals surface area contributed by atoms with Crippen LogP contribution in [0.2, 0.25) is 0 Å². The summed E-state index contributed by atoms with van der Waals surface area (Å²) >= 11 is 3.34. The molecule has 80 valence electrons. The number of hydrogen-bond donors (Lipinski definition) is 1. The van der Waals surface area contributed by atoms with Gasteiger partial charge in [-0.1, -0.05) is 15.9 Å². The van der Waals surface area contributed by atoms with Crippen LogP contribution in [0.4, 0.5) is 10.1 Å². The lowest BCUT2D eigenvalue weighted by atomic mass is 10.2. The third-order valence-electron chi connectivity index (χ3n) is 2.31. The number of benzene rings is 1. The molecule has 1 amide bonds. The fourth-order valence-electron chi connectivity index (χ4n) is 1.62. The number of aromatic hydroxyl groups is 1. The number of rotatable bonds is 1. The predicted octanol–water partition coefficient (Wildman–Crippen LogP) is 2.03. The molecule has 0 aromatic heterocycles. The van der Waals surface area contributed by atoms with Crippen LogP contribution in [-0.4, -0.2) is 22.4 Å². The molecule has 1 saturated heterocycles. The normalized spacial score (nSPS) is 21.1. The van der Waals surface area contributed by atoms with Crippen molar-refractivity contribution in [3.63, 3.8) is 0 Å². The molecule has 1 aliphatic rings. The van der Waals surface area contributed by atoms with Gasteiger partial charge in [0, 0.05) is 23.9 Å². The molecule has 5 heteroatoms. The molecule has 1 aromatic carbocycles. The third kappa shape index (κ3) is 1.97. The summed E-state index contributed by atoms with van der Waals surface area (Å²) in [6.45, 7) is 0.498. The Bertz CT molecular complexity index is 410. The first-order valence-corrected chi connectivity index (χ1v) is 5.42. The smallest absolute Gasteiger partial charge is 0.228 e. The molecule has 1 aromatic rings. The van der Waals surface area contributed by atoms with Crippen molar-refractivity contribution in [1.82, 2.24) is 0 Å². The van der Waals surface area contributed by atoms with Crippen LogP contribution in [0.25, 0.3) is 0 Å². The number of carbonyl (C=O) groups is 1. The Morgan fingerprint density at radius 2 is 2.27 bits per heavy atom. The molecule has 2 rings (SSSR count). The number of halogens is 2. The molecule has 0 aliphatic carbocycles. The minimum atomic E-state index is -0.515. The molecule has 1 aliphatic heterocycles. The van der Waals surface area contributed by atoms with E-state index in [0.29, 0.717) is 18.7 Å². The van der Waals surface area contributed by atoms with Crippen molar-refractivity contribution >= 4 is 27.5 Å². The number of nitrogens with zero attached hydrogens (tertiary/aromatic N) is 1. The van der Waals surface area contributed by atoms with Crippen LogP contribution in [0.1, 0.15) is 6.42 Å². The zero-order chi connectivity index (χ0) is 11.0. The maximum Gasteiger partial charge on any atom is 0.228 e. The van der Waals surface area contributed by atoms with Crippen molar-refractivity contribution < 1.29 is 14.3 Å². The Morgan fingerprint density at radius 3 is 2.80 bits per heavy atom. The predicted molar refractivity (Wildman–Crippen MR) is 57.7 cm³/mol. The minimum absolute atomic E-state index is 0.0706. The Kier molecular flexibility index (Phi) is 2.65. The van der Waals surface area contributed by atoms with E-state index in [2.05, 4.69) is 15.9 Å². The quantitative estimate of drug-likeness (QED) is 0.796. The van der Waals surface area contributed by atoms with Gasteiger partial charge in [-0.15, -0.1) is 0 Å². The van der Waals surface area contributed by atoms with Gasteiger partial charge in [0.15, 0.2) is 0 Å². The van der Waals surface area contributed by atoms with Crippen LogP contribution in [0.3, 0.4) is 0 Å². The molecule has 3 nitrogen and oxygen atoms in total. The van der Waals surface area contributed by atoms with E-state index in [-0.39, 0.29) is 16.5 Å². The summed E-state index contributed by atoms with van der Waals surface area (Å²) in [5.74, 6) is -0.790. The largest absolute Gasteiger partial charge is 0.506 e. The van der Waals surface area contributed by atoms with E-state index in [1.54, 1.807) is 0 Å². The van der Waals surface area contributed by atoms with Crippen molar-refractivity contribution in [1.29, 1.82) is 0 Å². The number of amides is 1. The van der Waals surface area contributed by atoms with Crippen molar-refractivity contribution in [3.05, 3.63) is 24.0 Å². The molecule has 0 radical (unpaired) electrons. The highest BCUT2D eigenvalue weighted by Crippen LogP contribution is 2.32. The maximum absolute atomic E-state index is 12.7. The van der Waals surface area contributed by atoms with Crippen LogP contribution in [-0.2, 0) is 4.79 Å². The first kappa shape index (κ1) is 10.4. The molecule has 1 heterocycles. The summed E-state index contributed by atoms with van der Waals surface area (Å²) in [7, 11) is 0. The summed E-state index contributed by atoms with van der Waals surface area (Å²) in [6.07, 6.45) is 0.400. The Balaban J connectivity index is 2.34. The molecule has 0 saturated carbocycles. The van der Waals surface area contributed by atoms with E-state index in [9.17, 15) is 14.3 Å². The highest BCUT2D eigenvalue weighted by molar-refractivity contribution is 9.09. The Morgan fingerprint density at radius 1 is 1.53 bits per heavy atom. The highest BCUT2D eigenvalue weighted by Gasteiger charge is 2.30. The summed E-state index contributed by atoms with van der Waals surface area (Å²) in [5.41, 5.74) is 0.364. The van der Waals surface area contributed by atoms with Crippen LogP contribution in [0.15, 0.2) is 18.2 Å². The number of phenols is 1. The first-order chi connectivity index (χ1) is 7.08. The molecule has 1 fully saturated rings. The number of alkyl halides is 1. The van der Waals surface area contributed by atoms with Gasteiger partial charge in [0.05, 0.1) is 5.69 Å². The standard InChI is InChI=1S/C10H9BrFNO2/c11-6-3-10(15)13(5-6)8-2-1-7(12)4-9(8)14/h1-2,4,6,14H,3,5H2. The van der Waals surface area contributed by atoms with Crippen molar-refractivity contribution in [2.45, 2.75) is 11.2 Å². The van der Waals surface area contributed by atoms with Crippen molar-refractivity contribution in [2.24, 2.45) is 0 Å². The Hall–Kier alpha value is -1.10. The molecule has 1 N–H and O–H groups in total. The van der Waals surface area contributed by atoms with Crippen molar-refractivity contribution in [2.75, 3.05) is 11.4 Å². The van der Waals surface area contributed by atoms with E-state index in [0.717, 1.165) is 6.07 Å². The van der Waals surface area contributed by atoms with Crippen LogP contribution < -0.4 is 4.90 Å². The van der Waals surface area contributed by atoms with E-state index in [4.69, 9.17) is 0 Å². The lowest BCUT2D eigenvalue weighted by Gasteiger charge is -2.17. The van der Waals surface area contributed by atoms with E-state index >= 15 is 0 Å².